The fourth-order valence-electron chi connectivity index (χ4n) is 0.236. The molecule has 0 aromatic carbocycles. The lowest BCUT2D eigenvalue weighted by molar-refractivity contribution is -0.144. The molecule has 5 nitrogen and oxygen atoms in total. The van der Waals surface area contributed by atoms with Crippen LogP contribution in [0.3, 0.4) is 0 Å². The van der Waals surface area contributed by atoms with Crippen molar-refractivity contribution in [3.05, 3.63) is 0 Å². The van der Waals surface area contributed by atoms with Crippen LogP contribution in [0.15, 0.2) is 0 Å². The Balaban J connectivity index is 3.35. The summed E-state index contributed by atoms with van der Waals surface area (Å²) in [6, 6.07) is 0. The summed E-state index contributed by atoms with van der Waals surface area (Å²) >= 11 is 0. The van der Waals surface area contributed by atoms with Gasteiger partial charge in [0, 0.05) is 0 Å². The molecule has 0 heterocycles. The normalized spacial score (nSPS) is 8.20. The van der Waals surface area contributed by atoms with Gasteiger partial charge >= 0.3 is 12.1 Å². The molecule has 0 aromatic rings. The van der Waals surface area contributed by atoms with E-state index in [0.717, 1.165) is 7.11 Å². The van der Waals surface area contributed by atoms with Gasteiger partial charge in [0.1, 0.15) is 0 Å². The van der Waals surface area contributed by atoms with E-state index in [9.17, 15) is 9.59 Å². The minimum atomic E-state index is -0.898. The van der Waals surface area contributed by atoms with Crippen molar-refractivity contribution < 1.29 is 23.8 Å². The van der Waals surface area contributed by atoms with Gasteiger partial charge in [0.25, 0.3) is 0 Å². The fraction of sp³-hybridized carbons (Fsp3) is 0.600. The number of methoxy groups -OCH3 is 2. The third-order valence-corrected chi connectivity index (χ3v) is 0.702. The highest BCUT2D eigenvalue weighted by molar-refractivity contribution is 5.73. The van der Waals surface area contributed by atoms with Gasteiger partial charge in [-0.3, -0.25) is 0 Å². The van der Waals surface area contributed by atoms with E-state index >= 15 is 0 Å². The number of hydrogen-bond acceptors (Lipinski definition) is 5. The highest BCUT2D eigenvalue weighted by atomic mass is 16.7. The molecule has 0 aliphatic carbocycles. The van der Waals surface area contributed by atoms with Crippen LogP contribution in [0.4, 0.5) is 4.79 Å². The molecule has 0 saturated carbocycles. The first-order valence-corrected chi connectivity index (χ1v) is 2.48. The maximum absolute atomic E-state index is 10.3. The Hall–Kier alpha value is -1.26. The Morgan fingerprint density at radius 2 is 1.80 bits per heavy atom. The maximum Gasteiger partial charge on any atom is 0.508 e. The lowest BCUT2D eigenvalue weighted by Gasteiger charge is -1.99. The van der Waals surface area contributed by atoms with E-state index in [4.69, 9.17) is 0 Å². The molecule has 0 spiro atoms. The molecule has 0 bridgehead atoms. The Morgan fingerprint density at radius 1 is 1.20 bits per heavy atom. The predicted octanol–water partition coefficient (Wildman–Crippen LogP) is -0.0576. The van der Waals surface area contributed by atoms with Crippen molar-refractivity contribution in [1.29, 1.82) is 0 Å². The molecular weight excluding hydrogens is 140 g/mol. The van der Waals surface area contributed by atoms with Crippen LogP contribution in [0.2, 0.25) is 0 Å². The summed E-state index contributed by atoms with van der Waals surface area (Å²) in [6.07, 6.45) is -0.898. The zero-order chi connectivity index (χ0) is 7.98. The lowest BCUT2D eigenvalue weighted by Crippen LogP contribution is -2.14. The molecule has 0 N–H and O–H groups in total. The van der Waals surface area contributed by atoms with Gasteiger partial charge in [-0.15, -0.1) is 0 Å². The molecule has 0 atom stereocenters. The molecule has 5 heteroatoms. The van der Waals surface area contributed by atoms with Crippen molar-refractivity contribution in [2.45, 2.75) is 0 Å². The van der Waals surface area contributed by atoms with E-state index in [1.165, 1.54) is 7.11 Å². The van der Waals surface area contributed by atoms with Crippen molar-refractivity contribution in [3.63, 3.8) is 0 Å². The number of esters is 1. The molecule has 0 amide bonds. The minimum Gasteiger partial charge on any atom is -0.466 e. The van der Waals surface area contributed by atoms with Crippen LogP contribution in [0.5, 0.6) is 0 Å². The third-order valence-electron chi connectivity index (χ3n) is 0.702. The zero-order valence-corrected chi connectivity index (χ0v) is 5.75. The summed E-state index contributed by atoms with van der Waals surface area (Å²) in [4.78, 5) is 20.5. The smallest absolute Gasteiger partial charge is 0.466 e. The average Bonchev–Trinajstić information content (AvgIpc) is 1.99. The van der Waals surface area contributed by atoms with Gasteiger partial charge < -0.3 is 14.2 Å². The number of carbonyl (C=O) groups is 2. The first-order chi connectivity index (χ1) is 4.70. The van der Waals surface area contributed by atoms with Crippen LogP contribution in [-0.4, -0.2) is 33.0 Å². The van der Waals surface area contributed by atoms with Gasteiger partial charge in [0.15, 0.2) is 6.61 Å². The van der Waals surface area contributed by atoms with Gasteiger partial charge in [-0.25, -0.2) is 9.59 Å². The molecule has 0 fully saturated rings. The first-order valence-electron chi connectivity index (χ1n) is 2.48. The van der Waals surface area contributed by atoms with Crippen molar-refractivity contribution >= 4 is 12.1 Å². The van der Waals surface area contributed by atoms with E-state index in [0.29, 0.717) is 0 Å². The summed E-state index contributed by atoms with van der Waals surface area (Å²) in [7, 11) is 2.35. The molecule has 0 saturated heterocycles. The average molecular weight is 148 g/mol. The molecule has 0 aliphatic heterocycles. The standard InChI is InChI=1S/C5H8O5/c1-8-4(6)3-10-5(7)9-2/h3H2,1-2H3. The Morgan fingerprint density at radius 3 is 2.20 bits per heavy atom. The minimum absolute atomic E-state index is 0.414. The molecular formula is C5H8O5. The van der Waals surface area contributed by atoms with Crippen LogP contribution < -0.4 is 0 Å². The van der Waals surface area contributed by atoms with Crippen LogP contribution in [-0.2, 0) is 19.0 Å². The largest absolute Gasteiger partial charge is 0.508 e. The van der Waals surface area contributed by atoms with Crippen LogP contribution in [0, 0.1) is 0 Å². The van der Waals surface area contributed by atoms with Crippen LogP contribution in [0.1, 0.15) is 0 Å². The second-order valence-corrected chi connectivity index (χ2v) is 1.32. The third kappa shape index (κ3) is 3.71. The summed E-state index contributed by atoms with van der Waals surface area (Å²) in [5, 5.41) is 0. The van der Waals surface area contributed by atoms with Gasteiger partial charge in [0.2, 0.25) is 0 Å². The SMILES string of the molecule is COC(=O)COC(=O)OC. The number of carbonyl (C=O) groups excluding carboxylic acids is 2. The topological polar surface area (TPSA) is 61.8 Å². The summed E-state index contributed by atoms with van der Waals surface area (Å²) in [5.74, 6) is -0.620. The summed E-state index contributed by atoms with van der Waals surface area (Å²) in [5.41, 5.74) is 0. The Kier molecular flexibility index (Phi) is 4.02. The quantitative estimate of drug-likeness (QED) is 0.513. The lowest BCUT2D eigenvalue weighted by atomic mass is 10.7. The monoisotopic (exact) mass is 148 g/mol. The first kappa shape index (κ1) is 8.74. The van der Waals surface area contributed by atoms with E-state index in [-0.39, 0.29) is 0 Å². The van der Waals surface area contributed by atoms with Crippen molar-refractivity contribution in [2.75, 3.05) is 20.8 Å². The van der Waals surface area contributed by atoms with E-state index in [1.54, 1.807) is 0 Å². The Bertz CT molecular complexity index is 114. The van der Waals surface area contributed by atoms with E-state index in [2.05, 4.69) is 14.2 Å². The summed E-state index contributed by atoms with van der Waals surface area (Å²) < 4.78 is 12.5. The van der Waals surface area contributed by atoms with Gasteiger partial charge in [0.05, 0.1) is 14.2 Å². The number of hydrogen-bond donors (Lipinski definition) is 0. The van der Waals surface area contributed by atoms with Crippen LogP contribution >= 0.6 is 0 Å². The highest BCUT2D eigenvalue weighted by Gasteiger charge is 2.04. The van der Waals surface area contributed by atoms with Crippen LogP contribution in [0.25, 0.3) is 0 Å². The fourth-order valence-corrected chi connectivity index (χ4v) is 0.236. The molecule has 0 unspecified atom stereocenters. The van der Waals surface area contributed by atoms with Gasteiger partial charge in [-0.2, -0.15) is 0 Å². The van der Waals surface area contributed by atoms with Crippen molar-refractivity contribution in [2.24, 2.45) is 0 Å². The second-order valence-electron chi connectivity index (χ2n) is 1.32. The van der Waals surface area contributed by atoms with Crippen molar-refractivity contribution in [1.82, 2.24) is 0 Å². The maximum atomic E-state index is 10.3. The van der Waals surface area contributed by atoms with E-state index < -0.39 is 18.7 Å². The molecule has 58 valence electrons. The predicted molar refractivity (Wildman–Crippen MR) is 30.4 cm³/mol. The summed E-state index contributed by atoms with van der Waals surface area (Å²) in [6.45, 7) is -0.414. The Labute approximate surface area is 57.9 Å². The zero-order valence-electron chi connectivity index (χ0n) is 5.75. The number of rotatable bonds is 2. The molecule has 0 aromatic heterocycles. The van der Waals surface area contributed by atoms with Crippen molar-refractivity contribution in [3.8, 4) is 0 Å². The van der Waals surface area contributed by atoms with Gasteiger partial charge in [-0.1, -0.05) is 0 Å². The van der Waals surface area contributed by atoms with Gasteiger partial charge in [-0.05, 0) is 0 Å². The molecule has 10 heavy (non-hydrogen) atoms. The molecule has 0 rings (SSSR count). The molecule has 0 aliphatic rings. The number of ether oxygens (including phenoxy) is 3. The van der Waals surface area contributed by atoms with E-state index in [1.807, 2.05) is 0 Å². The molecule has 0 radical (unpaired) electrons. The second kappa shape index (κ2) is 4.60. The highest BCUT2D eigenvalue weighted by Crippen LogP contribution is 1.82.